The van der Waals surface area contributed by atoms with E-state index in [0.29, 0.717) is 12.5 Å². The van der Waals surface area contributed by atoms with E-state index in [1.807, 2.05) is 36.4 Å². The van der Waals surface area contributed by atoms with Gasteiger partial charge in [-0.3, -0.25) is 4.98 Å². The van der Waals surface area contributed by atoms with Gasteiger partial charge in [0.05, 0.1) is 5.69 Å². The van der Waals surface area contributed by atoms with Gasteiger partial charge in [0.2, 0.25) is 5.88 Å². The van der Waals surface area contributed by atoms with Crippen LogP contribution in [0, 0.1) is 5.82 Å². The quantitative estimate of drug-likeness (QED) is 0.717. The molecule has 120 valence electrons. The van der Waals surface area contributed by atoms with E-state index in [0.717, 1.165) is 41.8 Å². The average Bonchev–Trinajstić information content (AvgIpc) is 3.09. The molecule has 0 N–H and O–H groups in total. The summed E-state index contributed by atoms with van der Waals surface area (Å²) in [6, 6.07) is 14.3. The van der Waals surface area contributed by atoms with Gasteiger partial charge < -0.3 is 4.74 Å². The Kier molecular flexibility index (Phi) is 3.95. The molecule has 1 aliphatic rings. The maximum Gasteiger partial charge on any atom is 0.214 e. The van der Waals surface area contributed by atoms with E-state index in [2.05, 4.69) is 9.97 Å². The van der Waals surface area contributed by atoms with Crippen LogP contribution in [0.3, 0.4) is 0 Å². The highest BCUT2D eigenvalue weighted by Gasteiger charge is 2.19. The first-order chi connectivity index (χ1) is 11.8. The van der Waals surface area contributed by atoms with Gasteiger partial charge in [-0.05, 0) is 60.2 Å². The maximum atomic E-state index is 13.2. The van der Waals surface area contributed by atoms with Crippen LogP contribution in [0.4, 0.5) is 4.39 Å². The molecule has 4 heteroatoms. The topological polar surface area (TPSA) is 35.0 Å². The molecule has 0 radical (unpaired) electrons. The van der Waals surface area contributed by atoms with Gasteiger partial charge in [0.15, 0.2) is 0 Å². The molecule has 0 bridgehead atoms. The van der Waals surface area contributed by atoms with Crippen molar-refractivity contribution in [1.29, 1.82) is 0 Å². The number of halogens is 1. The van der Waals surface area contributed by atoms with Crippen molar-refractivity contribution in [3.05, 3.63) is 77.5 Å². The van der Waals surface area contributed by atoms with Crippen molar-refractivity contribution in [2.75, 3.05) is 0 Å². The molecule has 0 saturated heterocycles. The van der Waals surface area contributed by atoms with Gasteiger partial charge >= 0.3 is 0 Å². The van der Waals surface area contributed by atoms with Crippen molar-refractivity contribution >= 4 is 0 Å². The zero-order chi connectivity index (χ0) is 16.4. The van der Waals surface area contributed by atoms with Crippen LogP contribution in [-0.4, -0.2) is 9.97 Å². The molecule has 1 aliphatic carbocycles. The van der Waals surface area contributed by atoms with E-state index in [4.69, 9.17) is 4.74 Å². The van der Waals surface area contributed by atoms with Crippen LogP contribution in [0.1, 0.15) is 23.4 Å². The summed E-state index contributed by atoms with van der Waals surface area (Å²) < 4.78 is 19.1. The Morgan fingerprint density at radius 1 is 1.04 bits per heavy atom. The van der Waals surface area contributed by atoms with Gasteiger partial charge in [0.25, 0.3) is 0 Å². The summed E-state index contributed by atoms with van der Waals surface area (Å²) in [6.45, 7) is 0.384. The Balaban J connectivity index is 1.66. The maximum absolute atomic E-state index is 13.2. The highest BCUT2D eigenvalue weighted by Crippen LogP contribution is 2.34. The van der Waals surface area contributed by atoms with Crippen LogP contribution in [-0.2, 0) is 19.4 Å². The molecular formula is C20H17FN2O. The van der Waals surface area contributed by atoms with Crippen molar-refractivity contribution in [2.24, 2.45) is 0 Å². The molecule has 0 unspecified atom stereocenters. The van der Waals surface area contributed by atoms with Crippen molar-refractivity contribution in [2.45, 2.75) is 25.9 Å². The first-order valence-corrected chi connectivity index (χ1v) is 8.11. The Morgan fingerprint density at radius 3 is 2.71 bits per heavy atom. The molecule has 0 aliphatic heterocycles. The molecule has 2 aromatic heterocycles. The molecule has 0 amide bonds. The number of nitrogens with zero attached hydrogens (tertiary/aromatic N) is 2. The predicted molar refractivity (Wildman–Crippen MR) is 90.2 cm³/mol. The third kappa shape index (κ3) is 3.00. The van der Waals surface area contributed by atoms with Gasteiger partial charge in [-0.25, -0.2) is 9.37 Å². The molecule has 24 heavy (non-hydrogen) atoms. The SMILES string of the molecule is Fc1ccc(-c2cc(OCc3ccccn3)nc3c2CCC3)cc1. The van der Waals surface area contributed by atoms with Crippen molar-refractivity contribution < 1.29 is 9.13 Å². The minimum absolute atomic E-state index is 0.226. The minimum atomic E-state index is -0.226. The van der Waals surface area contributed by atoms with Crippen molar-refractivity contribution in [3.8, 4) is 17.0 Å². The summed E-state index contributed by atoms with van der Waals surface area (Å²) in [7, 11) is 0. The Morgan fingerprint density at radius 2 is 1.92 bits per heavy atom. The number of aryl methyl sites for hydroxylation is 1. The van der Waals surface area contributed by atoms with E-state index in [9.17, 15) is 4.39 Å². The van der Waals surface area contributed by atoms with Crippen molar-refractivity contribution in [3.63, 3.8) is 0 Å². The number of ether oxygens (including phenoxy) is 1. The van der Waals surface area contributed by atoms with Crippen LogP contribution >= 0.6 is 0 Å². The number of fused-ring (bicyclic) bond motifs is 1. The van der Waals surface area contributed by atoms with Gasteiger partial charge in [-0.1, -0.05) is 18.2 Å². The fraction of sp³-hybridized carbons (Fsp3) is 0.200. The number of hydrogen-bond acceptors (Lipinski definition) is 3. The number of hydrogen-bond donors (Lipinski definition) is 0. The fourth-order valence-corrected chi connectivity index (χ4v) is 3.11. The second kappa shape index (κ2) is 6.40. The van der Waals surface area contributed by atoms with Gasteiger partial charge in [0, 0.05) is 18.0 Å². The summed E-state index contributed by atoms with van der Waals surface area (Å²) in [5.41, 5.74) is 5.30. The molecule has 4 rings (SSSR count). The highest BCUT2D eigenvalue weighted by atomic mass is 19.1. The zero-order valence-electron chi connectivity index (χ0n) is 13.2. The summed E-state index contributed by atoms with van der Waals surface area (Å²) >= 11 is 0. The molecule has 0 atom stereocenters. The van der Waals surface area contributed by atoms with Gasteiger partial charge in [-0.15, -0.1) is 0 Å². The Hall–Kier alpha value is -2.75. The number of rotatable bonds is 4. The molecular weight excluding hydrogens is 303 g/mol. The third-order valence-corrected chi connectivity index (χ3v) is 4.28. The average molecular weight is 320 g/mol. The third-order valence-electron chi connectivity index (χ3n) is 4.28. The van der Waals surface area contributed by atoms with Crippen molar-refractivity contribution in [1.82, 2.24) is 9.97 Å². The Labute approximate surface area is 140 Å². The molecule has 0 spiro atoms. The first-order valence-electron chi connectivity index (χ1n) is 8.11. The summed E-state index contributed by atoms with van der Waals surface area (Å²) in [5, 5.41) is 0. The lowest BCUT2D eigenvalue weighted by molar-refractivity contribution is 0.288. The number of aromatic nitrogens is 2. The molecule has 1 aromatic carbocycles. The molecule has 2 heterocycles. The number of benzene rings is 1. The zero-order valence-corrected chi connectivity index (χ0v) is 13.2. The van der Waals surface area contributed by atoms with Crippen LogP contribution in [0.2, 0.25) is 0 Å². The second-order valence-corrected chi connectivity index (χ2v) is 5.90. The summed E-state index contributed by atoms with van der Waals surface area (Å²) in [6.07, 6.45) is 4.82. The Bertz CT molecular complexity index is 848. The molecule has 0 saturated carbocycles. The largest absolute Gasteiger partial charge is 0.471 e. The van der Waals surface area contributed by atoms with E-state index in [-0.39, 0.29) is 5.82 Å². The molecule has 3 aromatic rings. The van der Waals surface area contributed by atoms with Crippen LogP contribution in [0.15, 0.2) is 54.7 Å². The lowest BCUT2D eigenvalue weighted by Gasteiger charge is -2.12. The standard InChI is InChI=1S/C20H17FN2O/c21-15-9-7-14(8-10-15)18-12-20(23-19-6-3-5-17(18)19)24-13-16-4-1-2-11-22-16/h1-2,4,7-12H,3,5-6,13H2. The predicted octanol–water partition coefficient (Wildman–Crippen LogP) is 4.35. The normalized spacial score (nSPS) is 12.9. The van der Waals surface area contributed by atoms with Gasteiger partial charge in [0.1, 0.15) is 12.4 Å². The lowest BCUT2D eigenvalue weighted by Crippen LogP contribution is -2.02. The van der Waals surface area contributed by atoms with Crippen LogP contribution < -0.4 is 4.74 Å². The second-order valence-electron chi connectivity index (χ2n) is 5.90. The monoisotopic (exact) mass is 320 g/mol. The van der Waals surface area contributed by atoms with Gasteiger partial charge in [-0.2, -0.15) is 0 Å². The highest BCUT2D eigenvalue weighted by molar-refractivity contribution is 5.70. The van der Waals surface area contributed by atoms with E-state index < -0.39 is 0 Å². The first kappa shape index (κ1) is 14.8. The van der Waals surface area contributed by atoms with E-state index >= 15 is 0 Å². The van der Waals surface area contributed by atoms with Crippen LogP contribution in [0.25, 0.3) is 11.1 Å². The summed E-state index contributed by atoms with van der Waals surface area (Å²) in [5.74, 6) is 0.372. The number of pyridine rings is 2. The minimum Gasteiger partial charge on any atom is -0.471 e. The van der Waals surface area contributed by atoms with E-state index in [1.165, 1.54) is 17.7 Å². The summed E-state index contributed by atoms with van der Waals surface area (Å²) in [4.78, 5) is 8.91. The molecule has 3 nitrogen and oxygen atoms in total. The smallest absolute Gasteiger partial charge is 0.214 e. The lowest BCUT2D eigenvalue weighted by atomic mass is 10.00. The fourth-order valence-electron chi connectivity index (χ4n) is 3.11. The molecule has 0 fully saturated rings. The van der Waals surface area contributed by atoms with Crippen LogP contribution in [0.5, 0.6) is 5.88 Å². The van der Waals surface area contributed by atoms with E-state index in [1.54, 1.807) is 6.20 Å².